The molecule has 0 spiro atoms. The first-order chi connectivity index (χ1) is 15.0. The fourth-order valence-electron chi connectivity index (χ4n) is 2.86. The molecule has 0 aromatic heterocycles. The average Bonchev–Trinajstić information content (AvgIpc) is 2.76. The summed E-state index contributed by atoms with van der Waals surface area (Å²) in [6, 6.07) is 13.4. The summed E-state index contributed by atoms with van der Waals surface area (Å²) in [5.74, 6) is -0.265. The molecule has 2 aromatic carbocycles. The Labute approximate surface area is 189 Å². The number of ether oxygens (including phenoxy) is 2. The number of nitrogens with one attached hydrogen (secondary N) is 2. The molecule has 1 fully saturated rings. The number of rotatable bonds is 7. The Kier molecular flexibility index (Phi) is 8.16. The maximum absolute atomic E-state index is 12.6. The third kappa shape index (κ3) is 6.61. The van der Waals surface area contributed by atoms with Crippen LogP contribution >= 0.6 is 23.4 Å². The van der Waals surface area contributed by atoms with Crippen LogP contribution in [0.3, 0.4) is 0 Å². The highest BCUT2D eigenvalue weighted by Gasteiger charge is 2.24. The van der Waals surface area contributed by atoms with Crippen molar-refractivity contribution in [3.8, 4) is 0 Å². The lowest BCUT2D eigenvalue weighted by atomic mass is 10.2. The van der Waals surface area contributed by atoms with Gasteiger partial charge in [-0.15, -0.1) is 0 Å². The lowest BCUT2D eigenvalue weighted by Gasteiger charge is -2.27. The Hall–Kier alpha value is -2.75. The zero-order chi connectivity index (χ0) is 22.2. The van der Waals surface area contributed by atoms with Gasteiger partial charge in [-0.2, -0.15) is 11.8 Å². The summed E-state index contributed by atoms with van der Waals surface area (Å²) in [5, 5.41) is 5.85. The number of carbonyl (C=O) groups is 3. The van der Waals surface area contributed by atoms with Crippen LogP contribution < -0.4 is 15.5 Å². The number of benzene rings is 2. The lowest BCUT2D eigenvalue weighted by molar-refractivity contribution is -0.125. The number of hydrogen-bond acceptors (Lipinski definition) is 6. The molecule has 2 N–H and O–H groups in total. The van der Waals surface area contributed by atoms with Gasteiger partial charge >= 0.3 is 6.09 Å². The standard InChI is InChI=1S/C21H22ClN3O5S/c1-31-13-18(30-21(28)24-16-4-2-14(22)3-5-16)20(27)23-15-6-8-17(9-7-15)25-10-11-29-12-19(25)26/h2-9,18H,10-13H2,1H3,(H,23,27)(H,24,28)/t18-/m1/s1. The quantitative estimate of drug-likeness (QED) is 0.651. The molecule has 0 saturated carbocycles. The molecule has 31 heavy (non-hydrogen) atoms. The van der Waals surface area contributed by atoms with Crippen LogP contribution in [0.1, 0.15) is 0 Å². The van der Waals surface area contributed by atoms with Crippen LogP contribution in [0.15, 0.2) is 48.5 Å². The van der Waals surface area contributed by atoms with Crippen LogP contribution in [-0.2, 0) is 19.1 Å². The van der Waals surface area contributed by atoms with Crippen LogP contribution in [0.25, 0.3) is 0 Å². The molecule has 1 saturated heterocycles. The second kappa shape index (κ2) is 11.0. The number of morpholine rings is 1. The first-order valence-electron chi connectivity index (χ1n) is 9.47. The molecule has 2 aromatic rings. The first-order valence-corrected chi connectivity index (χ1v) is 11.2. The smallest absolute Gasteiger partial charge is 0.412 e. The van der Waals surface area contributed by atoms with E-state index in [9.17, 15) is 14.4 Å². The molecule has 10 heteroatoms. The molecular formula is C21H22ClN3O5S. The van der Waals surface area contributed by atoms with Gasteiger partial charge in [-0.05, 0) is 54.8 Å². The van der Waals surface area contributed by atoms with Crippen molar-refractivity contribution in [3.63, 3.8) is 0 Å². The van der Waals surface area contributed by atoms with Gasteiger partial charge in [0.15, 0.2) is 6.10 Å². The van der Waals surface area contributed by atoms with Crippen molar-refractivity contribution in [2.75, 3.05) is 47.3 Å². The molecule has 1 aliphatic heterocycles. The Morgan fingerprint density at radius 1 is 1.13 bits per heavy atom. The van der Waals surface area contributed by atoms with E-state index in [0.717, 1.165) is 5.69 Å². The van der Waals surface area contributed by atoms with Gasteiger partial charge in [-0.1, -0.05) is 11.6 Å². The monoisotopic (exact) mass is 463 g/mol. The van der Waals surface area contributed by atoms with E-state index >= 15 is 0 Å². The Morgan fingerprint density at radius 2 is 1.77 bits per heavy atom. The molecule has 164 valence electrons. The minimum atomic E-state index is -0.984. The zero-order valence-electron chi connectivity index (χ0n) is 16.8. The number of halogens is 1. The van der Waals surface area contributed by atoms with Crippen molar-refractivity contribution in [2.45, 2.75) is 6.10 Å². The van der Waals surface area contributed by atoms with Crippen molar-refractivity contribution in [2.24, 2.45) is 0 Å². The summed E-state index contributed by atoms with van der Waals surface area (Å²) in [6.45, 7) is 1.02. The maximum atomic E-state index is 12.6. The topological polar surface area (TPSA) is 97.0 Å². The summed E-state index contributed by atoms with van der Waals surface area (Å²) >= 11 is 7.21. The van der Waals surface area contributed by atoms with Gasteiger partial charge in [0.1, 0.15) is 6.61 Å². The third-order valence-electron chi connectivity index (χ3n) is 4.38. The van der Waals surface area contributed by atoms with Gasteiger partial charge < -0.3 is 19.7 Å². The Bertz CT molecular complexity index is 924. The van der Waals surface area contributed by atoms with Crippen LogP contribution in [0.2, 0.25) is 5.02 Å². The second-order valence-electron chi connectivity index (χ2n) is 6.62. The summed E-state index contributed by atoms with van der Waals surface area (Å²) in [5.41, 5.74) is 1.76. The molecule has 0 aliphatic carbocycles. The SMILES string of the molecule is CSC[C@@H](OC(=O)Nc1ccc(Cl)cc1)C(=O)Nc1ccc(N2CCOCC2=O)cc1. The third-order valence-corrected chi connectivity index (χ3v) is 5.27. The summed E-state index contributed by atoms with van der Waals surface area (Å²) in [4.78, 5) is 38.4. The highest BCUT2D eigenvalue weighted by atomic mass is 35.5. The van der Waals surface area contributed by atoms with Crippen molar-refractivity contribution in [1.29, 1.82) is 0 Å². The van der Waals surface area contributed by atoms with E-state index in [1.807, 2.05) is 6.26 Å². The zero-order valence-corrected chi connectivity index (χ0v) is 18.4. The second-order valence-corrected chi connectivity index (χ2v) is 7.96. The van der Waals surface area contributed by atoms with Crippen molar-refractivity contribution < 1.29 is 23.9 Å². The minimum absolute atomic E-state index is 0.0598. The van der Waals surface area contributed by atoms with E-state index in [0.29, 0.717) is 35.3 Å². The van der Waals surface area contributed by atoms with Crippen LogP contribution in [0.4, 0.5) is 21.9 Å². The van der Waals surface area contributed by atoms with Gasteiger partial charge in [-0.3, -0.25) is 14.9 Å². The summed E-state index contributed by atoms with van der Waals surface area (Å²) in [7, 11) is 0. The predicted molar refractivity (Wildman–Crippen MR) is 122 cm³/mol. The van der Waals surface area contributed by atoms with Gasteiger partial charge in [-0.25, -0.2) is 4.79 Å². The largest absolute Gasteiger partial charge is 0.435 e. The molecule has 0 bridgehead atoms. The molecule has 3 amide bonds. The van der Waals surface area contributed by atoms with Crippen LogP contribution in [-0.4, -0.2) is 55.8 Å². The molecule has 0 radical (unpaired) electrons. The molecule has 8 nitrogen and oxygen atoms in total. The van der Waals surface area contributed by atoms with Crippen molar-refractivity contribution >= 4 is 58.3 Å². The van der Waals surface area contributed by atoms with Crippen molar-refractivity contribution in [3.05, 3.63) is 53.6 Å². The van der Waals surface area contributed by atoms with E-state index in [1.54, 1.807) is 53.4 Å². The Balaban J connectivity index is 1.58. The van der Waals surface area contributed by atoms with Gasteiger partial charge in [0.2, 0.25) is 0 Å². The van der Waals surface area contributed by atoms with E-state index in [4.69, 9.17) is 21.1 Å². The molecule has 0 unspecified atom stereocenters. The number of anilines is 3. The highest BCUT2D eigenvalue weighted by Crippen LogP contribution is 2.20. The summed E-state index contributed by atoms with van der Waals surface area (Å²) < 4.78 is 10.4. The average molecular weight is 464 g/mol. The molecule has 3 rings (SSSR count). The maximum Gasteiger partial charge on any atom is 0.412 e. The predicted octanol–water partition coefficient (Wildman–Crippen LogP) is 3.62. The van der Waals surface area contributed by atoms with E-state index < -0.39 is 18.1 Å². The van der Waals surface area contributed by atoms with Crippen LogP contribution in [0, 0.1) is 0 Å². The van der Waals surface area contributed by atoms with E-state index in [2.05, 4.69) is 10.6 Å². The van der Waals surface area contributed by atoms with Gasteiger partial charge in [0.05, 0.1) is 6.61 Å². The fraction of sp³-hybridized carbons (Fsp3) is 0.286. The Morgan fingerprint density at radius 3 is 2.42 bits per heavy atom. The minimum Gasteiger partial charge on any atom is -0.435 e. The lowest BCUT2D eigenvalue weighted by Crippen LogP contribution is -2.41. The van der Waals surface area contributed by atoms with Gasteiger partial charge in [0.25, 0.3) is 11.8 Å². The van der Waals surface area contributed by atoms with Gasteiger partial charge in [0, 0.05) is 34.4 Å². The molecule has 1 atom stereocenters. The number of amides is 3. The highest BCUT2D eigenvalue weighted by molar-refractivity contribution is 7.98. The molecular weight excluding hydrogens is 442 g/mol. The normalized spacial score (nSPS) is 14.6. The molecule has 1 heterocycles. The summed E-state index contributed by atoms with van der Waals surface area (Å²) in [6.07, 6.45) is 0.0926. The van der Waals surface area contributed by atoms with E-state index in [1.165, 1.54) is 11.8 Å². The molecule has 1 aliphatic rings. The first kappa shape index (κ1) is 22.9. The number of hydrogen-bond donors (Lipinski definition) is 2. The van der Waals surface area contributed by atoms with E-state index in [-0.39, 0.29) is 12.5 Å². The number of carbonyl (C=O) groups excluding carboxylic acids is 3. The number of nitrogens with zero attached hydrogens (tertiary/aromatic N) is 1. The van der Waals surface area contributed by atoms with Crippen LogP contribution in [0.5, 0.6) is 0 Å². The van der Waals surface area contributed by atoms with Crippen molar-refractivity contribution in [1.82, 2.24) is 0 Å². The number of thioether (sulfide) groups is 1. The fourth-order valence-corrected chi connectivity index (χ4v) is 3.51.